The topological polar surface area (TPSA) is 37.8 Å². The fourth-order valence-electron chi connectivity index (χ4n) is 1.72. The van der Waals surface area contributed by atoms with E-state index in [0.29, 0.717) is 5.82 Å². The van der Waals surface area contributed by atoms with Crippen LogP contribution >= 0.6 is 0 Å². The lowest BCUT2D eigenvalue weighted by Gasteiger charge is -2.16. The van der Waals surface area contributed by atoms with Crippen molar-refractivity contribution >= 4 is 0 Å². The Bertz CT molecular complexity index is 540. The first-order valence-electron chi connectivity index (χ1n) is 5.53. The first kappa shape index (κ1) is 12.6. The molecule has 1 unspecified atom stereocenters. The Balaban J connectivity index is 2.45. The van der Waals surface area contributed by atoms with Gasteiger partial charge in [-0.3, -0.25) is 0 Å². The van der Waals surface area contributed by atoms with Gasteiger partial charge in [0.05, 0.1) is 6.04 Å². The highest BCUT2D eigenvalue weighted by atomic mass is 19.2. The molecule has 18 heavy (non-hydrogen) atoms. The molecular weight excluding hydrogens is 236 g/mol. The number of nitrogens with zero attached hydrogens (tertiary/aromatic N) is 2. The lowest BCUT2D eigenvalue weighted by Crippen LogP contribution is -2.21. The van der Waals surface area contributed by atoms with Crippen LogP contribution in [0.3, 0.4) is 0 Å². The van der Waals surface area contributed by atoms with Crippen LogP contribution in [0.4, 0.5) is 8.78 Å². The van der Waals surface area contributed by atoms with Crippen LogP contribution in [-0.4, -0.2) is 17.0 Å². The second kappa shape index (κ2) is 5.18. The van der Waals surface area contributed by atoms with Gasteiger partial charge in [0.25, 0.3) is 0 Å². The summed E-state index contributed by atoms with van der Waals surface area (Å²) in [6.45, 7) is 1.86. The molecular formula is C13H13F2N3. The van der Waals surface area contributed by atoms with E-state index in [9.17, 15) is 8.78 Å². The highest BCUT2D eigenvalue weighted by Crippen LogP contribution is 2.22. The average molecular weight is 249 g/mol. The third kappa shape index (κ3) is 2.36. The van der Waals surface area contributed by atoms with Crippen molar-refractivity contribution in [2.24, 2.45) is 0 Å². The molecule has 0 spiro atoms. The smallest absolute Gasteiger partial charge is 0.164 e. The number of aryl methyl sites for hydroxylation is 1. The third-order valence-corrected chi connectivity index (χ3v) is 2.64. The van der Waals surface area contributed by atoms with Crippen LogP contribution in [0.25, 0.3) is 0 Å². The molecule has 1 aromatic heterocycles. The molecule has 1 N–H and O–H groups in total. The predicted molar refractivity (Wildman–Crippen MR) is 64.0 cm³/mol. The first-order valence-corrected chi connectivity index (χ1v) is 5.53. The molecule has 0 saturated heterocycles. The molecule has 0 aliphatic carbocycles. The molecule has 0 radical (unpaired) electrons. The maximum Gasteiger partial charge on any atom is 0.164 e. The molecule has 1 aromatic carbocycles. The van der Waals surface area contributed by atoms with Gasteiger partial charge in [0.15, 0.2) is 11.6 Å². The van der Waals surface area contributed by atoms with Gasteiger partial charge in [0.1, 0.15) is 5.82 Å². The molecule has 1 atom stereocenters. The van der Waals surface area contributed by atoms with Gasteiger partial charge in [-0.1, -0.05) is 12.1 Å². The van der Waals surface area contributed by atoms with Crippen molar-refractivity contribution in [3.8, 4) is 0 Å². The van der Waals surface area contributed by atoms with Gasteiger partial charge < -0.3 is 5.32 Å². The Morgan fingerprint density at radius 1 is 1.17 bits per heavy atom. The molecule has 0 aliphatic heterocycles. The molecule has 1 heterocycles. The summed E-state index contributed by atoms with van der Waals surface area (Å²) in [5.74, 6) is -1.34. The summed E-state index contributed by atoms with van der Waals surface area (Å²) < 4.78 is 26.9. The average Bonchev–Trinajstić information content (AvgIpc) is 2.37. The van der Waals surface area contributed by atoms with Crippen molar-refractivity contribution in [3.63, 3.8) is 0 Å². The Morgan fingerprint density at radius 2 is 1.83 bits per heavy atom. The Hall–Kier alpha value is -1.88. The minimum Gasteiger partial charge on any atom is -0.307 e. The first-order chi connectivity index (χ1) is 8.63. The minimum absolute atomic E-state index is 0.196. The Labute approximate surface area is 104 Å². The molecule has 5 heteroatoms. The zero-order valence-electron chi connectivity index (χ0n) is 10.1. The lowest BCUT2D eigenvalue weighted by atomic mass is 10.1. The SMILES string of the molecule is CNC(c1ncc(C)cn1)c1cccc(F)c1F. The fraction of sp³-hybridized carbons (Fsp3) is 0.231. The van der Waals surface area contributed by atoms with Crippen LogP contribution in [0.5, 0.6) is 0 Å². The standard InChI is InChI=1S/C13H13F2N3/c1-8-6-17-13(18-7-8)12(16-2)9-4-3-5-10(14)11(9)15/h3-7,12,16H,1-2H3. The van der Waals surface area contributed by atoms with E-state index < -0.39 is 17.7 Å². The second-order valence-corrected chi connectivity index (χ2v) is 3.98. The Morgan fingerprint density at radius 3 is 2.44 bits per heavy atom. The van der Waals surface area contributed by atoms with E-state index in [1.807, 2.05) is 6.92 Å². The number of aromatic nitrogens is 2. The number of benzene rings is 1. The van der Waals surface area contributed by atoms with Gasteiger partial charge in [0, 0.05) is 18.0 Å². The van der Waals surface area contributed by atoms with Gasteiger partial charge in [-0.05, 0) is 25.6 Å². The number of hydrogen-bond acceptors (Lipinski definition) is 3. The summed E-state index contributed by atoms with van der Waals surface area (Å²) in [6, 6.07) is 3.50. The number of nitrogens with one attached hydrogen (secondary N) is 1. The maximum absolute atomic E-state index is 13.7. The fourth-order valence-corrected chi connectivity index (χ4v) is 1.72. The summed E-state index contributed by atoms with van der Waals surface area (Å²) in [4.78, 5) is 8.27. The lowest BCUT2D eigenvalue weighted by molar-refractivity contribution is 0.483. The van der Waals surface area contributed by atoms with E-state index in [1.165, 1.54) is 12.1 Å². The quantitative estimate of drug-likeness (QED) is 0.907. The van der Waals surface area contributed by atoms with Gasteiger partial charge in [-0.2, -0.15) is 0 Å². The van der Waals surface area contributed by atoms with Gasteiger partial charge in [0.2, 0.25) is 0 Å². The van der Waals surface area contributed by atoms with Gasteiger partial charge in [-0.15, -0.1) is 0 Å². The van der Waals surface area contributed by atoms with Crippen LogP contribution in [0.15, 0.2) is 30.6 Å². The molecule has 0 fully saturated rings. The highest BCUT2D eigenvalue weighted by molar-refractivity contribution is 5.27. The molecule has 94 valence electrons. The van der Waals surface area contributed by atoms with Crippen molar-refractivity contribution in [2.75, 3.05) is 7.05 Å². The summed E-state index contributed by atoms with van der Waals surface area (Å²) in [5, 5.41) is 2.89. The van der Waals surface area contributed by atoms with Crippen molar-refractivity contribution < 1.29 is 8.78 Å². The van der Waals surface area contributed by atoms with Crippen molar-refractivity contribution in [2.45, 2.75) is 13.0 Å². The summed E-state index contributed by atoms with van der Waals surface area (Å²) in [6.07, 6.45) is 3.29. The molecule has 0 bridgehead atoms. The van der Waals surface area contributed by atoms with Crippen molar-refractivity contribution in [1.82, 2.24) is 15.3 Å². The van der Waals surface area contributed by atoms with E-state index in [0.717, 1.165) is 11.6 Å². The van der Waals surface area contributed by atoms with Crippen LogP contribution in [0, 0.1) is 18.6 Å². The van der Waals surface area contributed by atoms with Crippen LogP contribution in [-0.2, 0) is 0 Å². The minimum atomic E-state index is -0.875. The normalized spacial score (nSPS) is 12.4. The van der Waals surface area contributed by atoms with Crippen molar-refractivity contribution in [3.05, 3.63) is 59.2 Å². The second-order valence-electron chi connectivity index (χ2n) is 3.98. The maximum atomic E-state index is 13.7. The highest BCUT2D eigenvalue weighted by Gasteiger charge is 2.20. The van der Waals surface area contributed by atoms with Crippen LogP contribution < -0.4 is 5.32 Å². The molecule has 2 rings (SSSR count). The summed E-state index contributed by atoms with van der Waals surface area (Å²) in [7, 11) is 1.65. The summed E-state index contributed by atoms with van der Waals surface area (Å²) in [5.41, 5.74) is 1.11. The van der Waals surface area contributed by atoms with E-state index in [1.54, 1.807) is 19.4 Å². The van der Waals surface area contributed by atoms with E-state index in [-0.39, 0.29) is 5.56 Å². The summed E-state index contributed by atoms with van der Waals surface area (Å²) >= 11 is 0. The largest absolute Gasteiger partial charge is 0.307 e. The van der Waals surface area contributed by atoms with Crippen LogP contribution in [0.1, 0.15) is 23.0 Å². The molecule has 3 nitrogen and oxygen atoms in total. The van der Waals surface area contributed by atoms with Gasteiger partial charge >= 0.3 is 0 Å². The van der Waals surface area contributed by atoms with Gasteiger partial charge in [-0.25, -0.2) is 18.7 Å². The number of hydrogen-bond donors (Lipinski definition) is 1. The monoisotopic (exact) mass is 249 g/mol. The third-order valence-electron chi connectivity index (χ3n) is 2.64. The van der Waals surface area contributed by atoms with E-state index >= 15 is 0 Å². The molecule has 2 aromatic rings. The van der Waals surface area contributed by atoms with E-state index in [2.05, 4.69) is 15.3 Å². The van der Waals surface area contributed by atoms with E-state index in [4.69, 9.17) is 0 Å². The molecule has 0 aliphatic rings. The molecule has 0 amide bonds. The number of rotatable bonds is 3. The Kier molecular flexibility index (Phi) is 3.62. The van der Waals surface area contributed by atoms with Crippen LogP contribution in [0.2, 0.25) is 0 Å². The zero-order valence-corrected chi connectivity index (χ0v) is 10.1. The predicted octanol–water partition coefficient (Wildman–Crippen LogP) is 2.37. The number of halogens is 2. The zero-order chi connectivity index (χ0) is 13.1. The molecule has 0 saturated carbocycles. The van der Waals surface area contributed by atoms with Crippen molar-refractivity contribution in [1.29, 1.82) is 0 Å².